The van der Waals surface area contributed by atoms with Gasteiger partial charge in [-0.25, -0.2) is 0 Å². The molecule has 0 amide bonds. The van der Waals surface area contributed by atoms with Crippen LogP contribution in [0.25, 0.3) is 0 Å². The molecule has 0 aromatic carbocycles. The molecule has 0 saturated heterocycles. The first kappa shape index (κ1) is 10.7. The zero-order valence-corrected chi connectivity index (χ0v) is 7.20. The maximum Gasteiger partial charge on any atom is 0.309 e. The molecule has 0 atom stereocenters. The van der Waals surface area contributed by atoms with Crippen LogP contribution in [0.5, 0.6) is 0 Å². The van der Waals surface area contributed by atoms with Crippen LogP contribution in [-0.4, -0.2) is 26.2 Å². The van der Waals surface area contributed by atoms with E-state index in [0.717, 1.165) is 0 Å². The van der Waals surface area contributed by atoms with Crippen LogP contribution in [0.2, 0.25) is 0 Å². The number of methoxy groups -OCH3 is 2. The number of ether oxygens (including phenoxy) is 2. The van der Waals surface area contributed by atoms with Crippen molar-refractivity contribution in [2.75, 3.05) is 14.2 Å². The van der Waals surface area contributed by atoms with Gasteiger partial charge in [-0.3, -0.25) is 9.59 Å². The maximum atomic E-state index is 10.5. The van der Waals surface area contributed by atoms with Crippen LogP contribution in [0.4, 0.5) is 0 Å². The third-order valence-corrected chi connectivity index (χ3v) is 1.19. The molecule has 0 aliphatic heterocycles. The van der Waals surface area contributed by atoms with E-state index in [-0.39, 0.29) is 24.8 Å². The third-order valence-electron chi connectivity index (χ3n) is 1.19. The second kappa shape index (κ2) is 6.39. The van der Waals surface area contributed by atoms with Gasteiger partial charge in [0.1, 0.15) is 0 Å². The molecule has 4 heteroatoms. The number of carbonyl (C=O) groups is 2. The Kier molecular flexibility index (Phi) is 5.69. The smallest absolute Gasteiger partial charge is 0.309 e. The second-order valence-corrected chi connectivity index (χ2v) is 2.03. The van der Waals surface area contributed by atoms with E-state index in [4.69, 9.17) is 0 Å². The molecule has 4 nitrogen and oxygen atoms in total. The Morgan fingerprint density at radius 3 is 1.58 bits per heavy atom. The standard InChI is InChI=1S/C8H12O4/c1-11-7(9)5-3-4-6-8(10)12-2/h3-4H,5-6H2,1-2H3/b4-3-. The summed E-state index contributed by atoms with van der Waals surface area (Å²) in [7, 11) is 2.63. The highest BCUT2D eigenvalue weighted by Crippen LogP contribution is 1.91. The van der Waals surface area contributed by atoms with Crippen molar-refractivity contribution in [3.63, 3.8) is 0 Å². The van der Waals surface area contributed by atoms with E-state index >= 15 is 0 Å². The van der Waals surface area contributed by atoms with Crippen molar-refractivity contribution in [2.45, 2.75) is 12.8 Å². The fraction of sp³-hybridized carbons (Fsp3) is 0.500. The van der Waals surface area contributed by atoms with Gasteiger partial charge in [0.15, 0.2) is 0 Å². The van der Waals surface area contributed by atoms with Gasteiger partial charge in [0.2, 0.25) is 0 Å². The molecule has 0 saturated carbocycles. The van der Waals surface area contributed by atoms with Gasteiger partial charge < -0.3 is 9.47 Å². The van der Waals surface area contributed by atoms with E-state index in [1.807, 2.05) is 0 Å². The van der Waals surface area contributed by atoms with Crippen LogP contribution in [0.1, 0.15) is 12.8 Å². The monoisotopic (exact) mass is 172 g/mol. The summed E-state index contributed by atoms with van der Waals surface area (Å²) >= 11 is 0. The predicted molar refractivity (Wildman–Crippen MR) is 42.4 cm³/mol. The first-order valence-corrected chi connectivity index (χ1v) is 3.49. The highest BCUT2D eigenvalue weighted by Gasteiger charge is 1.96. The average molecular weight is 172 g/mol. The molecule has 68 valence electrons. The molecular formula is C8H12O4. The average Bonchev–Trinajstić information content (AvgIpc) is 2.11. The van der Waals surface area contributed by atoms with Crippen molar-refractivity contribution in [3.05, 3.63) is 12.2 Å². The predicted octanol–water partition coefficient (Wildman–Crippen LogP) is 0.669. The van der Waals surface area contributed by atoms with Gasteiger partial charge in [0.25, 0.3) is 0 Å². The molecule has 0 radical (unpaired) electrons. The fourth-order valence-electron chi connectivity index (χ4n) is 0.526. The van der Waals surface area contributed by atoms with Crippen molar-refractivity contribution < 1.29 is 19.1 Å². The molecule has 0 spiro atoms. The van der Waals surface area contributed by atoms with E-state index in [9.17, 15) is 9.59 Å². The lowest BCUT2D eigenvalue weighted by Crippen LogP contribution is -1.99. The highest BCUT2D eigenvalue weighted by atomic mass is 16.5. The van der Waals surface area contributed by atoms with Crippen LogP contribution in [-0.2, 0) is 19.1 Å². The van der Waals surface area contributed by atoms with E-state index in [2.05, 4.69) is 9.47 Å². The van der Waals surface area contributed by atoms with Gasteiger partial charge in [0.05, 0.1) is 27.1 Å². The lowest BCUT2D eigenvalue weighted by atomic mass is 10.3. The van der Waals surface area contributed by atoms with E-state index < -0.39 is 0 Å². The van der Waals surface area contributed by atoms with E-state index in [1.165, 1.54) is 14.2 Å². The molecule has 0 unspecified atom stereocenters. The Bertz CT molecular complexity index is 163. The summed E-state index contributed by atoms with van der Waals surface area (Å²) < 4.78 is 8.75. The van der Waals surface area contributed by atoms with Gasteiger partial charge in [-0.1, -0.05) is 12.2 Å². The normalized spacial score (nSPS) is 9.83. The highest BCUT2D eigenvalue weighted by molar-refractivity contribution is 5.72. The molecule has 0 aromatic rings. The number of esters is 2. The molecule has 12 heavy (non-hydrogen) atoms. The Balaban J connectivity index is 3.50. The van der Waals surface area contributed by atoms with Crippen LogP contribution in [0, 0.1) is 0 Å². The first-order chi connectivity index (χ1) is 5.70. The number of hydrogen-bond donors (Lipinski definition) is 0. The van der Waals surface area contributed by atoms with Crippen molar-refractivity contribution in [1.82, 2.24) is 0 Å². The van der Waals surface area contributed by atoms with Gasteiger partial charge in [0, 0.05) is 0 Å². The quantitative estimate of drug-likeness (QED) is 0.462. The molecular weight excluding hydrogens is 160 g/mol. The number of hydrogen-bond acceptors (Lipinski definition) is 4. The molecule has 0 heterocycles. The number of rotatable bonds is 4. The Labute approximate surface area is 71.2 Å². The Morgan fingerprint density at radius 1 is 1.00 bits per heavy atom. The molecule has 0 bridgehead atoms. The minimum Gasteiger partial charge on any atom is -0.469 e. The Hall–Kier alpha value is -1.32. The van der Waals surface area contributed by atoms with E-state index in [0.29, 0.717) is 0 Å². The zero-order valence-electron chi connectivity index (χ0n) is 7.20. The van der Waals surface area contributed by atoms with Gasteiger partial charge >= 0.3 is 11.9 Å². The van der Waals surface area contributed by atoms with Crippen LogP contribution in [0.3, 0.4) is 0 Å². The van der Waals surface area contributed by atoms with E-state index in [1.54, 1.807) is 12.2 Å². The Morgan fingerprint density at radius 2 is 1.33 bits per heavy atom. The van der Waals surface area contributed by atoms with Crippen molar-refractivity contribution in [1.29, 1.82) is 0 Å². The largest absolute Gasteiger partial charge is 0.469 e. The van der Waals surface area contributed by atoms with Crippen LogP contribution >= 0.6 is 0 Å². The van der Waals surface area contributed by atoms with Crippen molar-refractivity contribution >= 4 is 11.9 Å². The summed E-state index contributed by atoms with van der Waals surface area (Å²) in [4.78, 5) is 21.1. The van der Waals surface area contributed by atoms with Crippen LogP contribution < -0.4 is 0 Å². The fourth-order valence-corrected chi connectivity index (χ4v) is 0.526. The minimum atomic E-state index is -0.323. The molecule has 0 fully saturated rings. The van der Waals surface area contributed by atoms with Crippen molar-refractivity contribution in [2.24, 2.45) is 0 Å². The summed E-state index contributed by atoms with van der Waals surface area (Å²) in [5.74, 6) is -0.646. The van der Waals surface area contributed by atoms with Gasteiger partial charge in [-0.05, 0) is 0 Å². The van der Waals surface area contributed by atoms with Crippen molar-refractivity contribution in [3.8, 4) is 0 Å². The first-order valence-electron chi connectivity index (χ1n) is 3.49. The molecule has 0 rings (SSSR count). The summed E-state index contributed by atoms with van der Waals surface area (Å²) in [6.45, 7) is 0. The van der Waals surface area contributed by atoms with Crippen LogP contribution in [0.15, 0.2) is 12.2 Å². The molecule has 0 N–H and O–H groups in total. The molecule has 0 aromatic heterocycles. The summed E-state index contributed by atoms with van der Waals surface area (Å²) in [5, 5.41) is 0. The topological polar surface area (TPSA) is 52.6 Å². The third kappa shape index (κ3) is 5.46. The molecule has 0 aliphatic carbocycles. The summed E-state index contributed by atoms with van der Waals surface area (Å²) in [6, 6.07) is 0. The zero-order chi connectivity index (χ0) is 9.40. The number of carbonyl (C=O) groups excluding carboxylic acids is 2. The summed E-state index contributed by atoms with van der Waals surface area (Å²) in [5.41, 5.74) is 0. The maximum absolute atomic E-state index is 10.5. The second-order valence-electron chi connectivity index (χ2n) is 2.03. The minimum absolute atomic E-state index is 0.188. The SMILES string of the molecule is COC(=O)C/C=C\CC(=O)OC. The summed E-state index contributed by atoms with van der Waals surface area (Å²) in [6.07, 6.45) is 3.52. The van der Waals surface area contributed by atoms with Gasteiger partial charge in [-0.2, -0.15) is 0 Å². The lowest BCUT2D eigenvalue weighted by Gasteiger charge is -1.93. The molecule has 0 aliphatic rings. The van der Waals surface area contributed by atoms with Gasteiger partial charge in [-0.15, -0.1) is 0 Å². The lowest BCUT2D eigenvalue weighted by molar-refractivity contribution is -0.140.